The number of hydrogen-bond acceptors (Lipinski definition) is 3. The SMILES string of the molecule is O=C(O)CCc1cc2c(cc1-c1ccccc1)OCO2. The van der Waals surface area contributed by atoms with Crippen LogP contribution in [0.5, 0.6) is 11.5 Å². The van der Waals surface area contributed by atoms with Crippen LogP contribution >= 0.6 is 0 Å². The van der Waals surface area contributed by atoms with Gasteiger partial charge in [-0.1, -0.05) is 30.3 Å². The summed E-state index contributed by atoms with van der Waals surface area (Å²) in [7, 11) is 0. The number of carboxylic acid groups (broad SMARTS) is 1. The number of aliphatic carboxylic acids is 1. The lowest BCUT2D eigenvalue weighted by molar-refractivity contribution is -0.136. The molecule has 0 spiro atoms. The van der Waals surface area contributed by atoms with Crippen LogP contribution in [-0.4, -0.2) is 17.9 Å². The summed E-state index contributed by atoms with van der Waals surface area (Å²) >= 11 is 0. The Kier molecular flexibility index (Phi) is 3.29. The molecule has 0 radical (unpaired) electrons. The zero-order valence-corrected chi connectivity index (χ0v) is 10.8. The van der Waals surface area contributed by atoms with Crippen LogP contribution in [0.15, 0.2) is 42.5 Å². The Morgan fingerprint density at radius 2 is 1.80 bits per heavy atom. The van der Waals surface area contributed by atoms with Gasteiger partial charge in [-0.05, 0) is 35.2 Å². The minimum absolute atomic E-state index is 0.0967. The molecule has 3 rings (SSSR count). The highest BCUT2D eigenvalue weighted by Crippen LogP contribution is 2.39. The highest BCUT2D eigenvalue weighted by atomic mass is 16.7. The molecule has 0 saturated heterocycles. The first kappa shape index (κ1) is 12.5. The predicted molar refractivity (Wildman–Crippen MR) is 74.0 cm³/mol. The van der Waals surface area contributed by atoms with Gasteiger partial charge in [0.25, 0.3) is 0 Å². The second-order valence-electron chi connectivity index (χ2n) is 4.62. The summed E-state index contributed by atoms with van der Waals surface area (Å²) in [5.41, 5.74) is 3.00. The molecular formula is C16H14O4. The maximum absolute atomic E-state index is 10.8. The van der Waals surface area contributed by atoms with Gasteiger partial charge in [-0.25, -0.2) is 0 Å². The third-order valence-corrected chi connectivity index (χ3v) is 3.29. The van der Waals surface area contributed by atoms with Gasteiger partial charge in [0.05, 0.1) is 0 Å². The summed E-state index contributed by atoms with van der Waals surface area (Å²) in [5.74, 6) is 0.592. The monoisotopic (exact) mass is 270 g/mol. The first-order valence-electron chi connectivity index (χ1n) is 6.44. The Bertz CT molecular complexity index is 634. The van der Waals surface area contributed by atoms with Crippen molar-refractivity contribution in [2.45, 2.75) is 12.8 Å². The molecule has 0 saturated carbocycles. The topological polar surface area (TPSA) is 55.8 Å². The van der Waals surface area contributed by atoms with Crippen LogP contribution in [0.25, 0.3) is 11.1 Å². The Balaban J connectivity index is 2.04. The van der Waals surface area contributed by atoms with Crippen LogP contribution in [0.2, 0.25) is 0 Å². The Labute approximate surface area is 116 Å². The van der Waals surface area contributed by atoms with E-state index in [4.69, 9.17) is 14.6 Å². The second-order valence-corrected chi connectivity index (χ2v) is 4.62. The summed E-state index contributed by atoms with van der Waals surface area (Å²) in [5, 5.41) is 8.87. The van der Waals surface area contributed by atoms with Crippen molar-refractivity contribution in [1.82, 2.24) is 0 Å². The average Bonchev–Trinajstić information content (AvgIpc) is 2.92. The van der Waals surface area contributed by atoms with E-state index < -0.39 is 5.97 Å². The molecular weight excluding hydrogens is 256 g/mol. The van der Waals surface area contributed by atoms with Crippen molar-refractivity contribution in [3.05, 3.63) is 48.0 Å². The Morgan fingerprint density at radius 3 is 2.50 bits per heavy atom. The van der Waals surface area contributed by atoms with E-state index in [0.29, 0.717) is 17.9 Å². The minimum atomic E-state index is -0.804. The van der Waals surface area contributed by atoms with Crippen molar-refractivity contribution in [3.8, 4) is 22.6 Å². The van der Waals surface area contributed by atoms with E-state index in [0.717, 1.165) is 16.7 Å². The molecule has 0 amide bonds. The fourth-order valence-electron chi connectivity index (χ4n) is 2.32. The molecule has 0 unspecified atom stereocenters. The summed E-state index contributed by atoms with van der Waals surface area (Å²) in [6.07, 6.45) is 0.565. The van der Waals surface area contributed by atoms with Crippen molar-refractivity contribution < 1.29 is 19.4 Å². The van der Waals surface area contributed by atoms with Gasteiger partial charge in [-0.3, -0.25) is 4.79 Å². The molecule has 20 heavy (non-hydrogen) atoms. The normalized spacial score (nSPS) is 12.4. The first-order valence-corrected chi connectivity index (χ1v) is 6.44. The van der Waals surface area contributed by atoms with Crippen LogP contribution < -0.4 is 9.47 Å². The van der Waals surface area contributed by atoms with Gasteiger partial charge in [-0.2, -0.15) is 0 Å². The fraction of sp³-hybridized carbons (Fsp3) is 0.188. The number of ether oxygens (including phenoxy) is 2. The first-order chi connectivity index (χ1) is 9.74. The fourth-order valence-corrected chi connectivity index (χ4v) is 2.32. The third kappa shape index (κ3) is 2.45. The third-order valence-electron chi connectivity index (χ3n) is 3.29. The van der Waals surface area contributed by atoms with E-state index in [1.165, 1.54) is 0 Å². The zero-order chi connectivity index (χ0) is 13.9. The van der Waals surface area contributed by atoms with Gasteiger partial charge in [0.2, 0.25) is 6.79 Å². The highest BCUT2D eigenvalue weighted by Gasteiger charge is 2.18. The zero-order valence-electron chi connectivity index (χ0n) is 10.8. The largest absolute Gasteiger partial charge is 0.481 e. The molecule has 4 heteroatoms. The number of hydrogen-bond donors (Lipinski definition) is 1. The van der Waals surface area contributed by atoms with Gasteiger partial charge in [-0.15, -0.1) is 0 Å². The van der Waals surface area contributed by atoms with Crippen molar-refractivity contribution in [1.29, 1.82) is 0 Å². The van der Waals surface area contributed by atoms with E-state index in [-0.39, 0.29) is 13.2 Å². The number of carbonyl (C=O) groups is 1. The second kappa shape index (κ2) is 5.25. The van der Waals surface area contributed by atoms with Gasteiger partial charge >= 0.3 is 5.97 Å². The van der Waals surface area contributed by atoms with Gasteiger partial charge < -0.3 is 14.6 Å². The molecule has 2 aromatic carbocycles. The number of benzene rings is 2. The summed E-state index contributed by atoms with van der Waals surface area (Å²) in [6.45, 7) is 0.214. The number of rotatable bonds is 4. The number of fused-ring (bicyclic) bond motifs is 1. The van der Waals surface area contributed by atoms with Gasteiger partial charge in [0.15, 0.2) is 11.5 Å². The summed E-state index contributed by atoms with van der Waals surface area (Å²) < 4.78 is 10.8. The van der Waals surface area contributed by atoms with Gasteiger partial charge in [0, 0.05) is 6.42 Å². The van der Waals surface area contributed by atoms with Crippen LogP contribution in [0.3, 0.4) is 0 Å². The Hall–Kier alpha value is -2.49. The van der Waals surface area contributed by atoms with E-state index >= 15 is 0 Å². The van der Waals surface area contributed by atoms with E-state index in [1.807, 2.05) is 42.5 Å². The summed E-state index contributed by atoms with van der Waals surface area (Å²) in [4.78, 5) is 10.8. The molecule has 0 fully saturated rings. The Morgan fingerprint density at radius 1 is 1.10 bits per heavy atom. The van der Waals surface area contributed by atoms with Crippen molar-refractivity contribution in [2.24, 2.45) is 0 Å². The summed E-state index contributed by atoms with van der Waals surface area (Å²) in [6, 6.07) is 13.7. The van der Waals surface area contributed by atoms with Crippen LogP contribution in [-0.2, 0) is 11.2 Å². The van der Waals surface area contributed by atoms with Crippen molar-refractivity contribution in [3.63, 3.8) is 0 Å². The van der Waals surface area contributed by atoms with Crippen molar-refractivity contribution >= 4 is 5.97 Å². The molecule has 0 aliphatic carbocycles. The highest BCUT2D eigenvalue weighted by molar-refractivity contribution is 5.73. The van der Waals surface area contributed by atoms with Crippen LogP contribution in [0.4, 0.5) is 0 Å². The van der Waals surface area contributed by atoms with Gasteiger partial charge in [0.1, 0.15) is 0 Å². The minimum Gasteiger partial charge on any atom is -0.481 e. The molecule has 1 heterocycles. The quantitative estimate of drug-likeness (QED) is 0.927. The molecule has 0 bridgehead atoms. The molecule has 0 atom stereocenters. The van der Waals surface area contributed by atoms with Crippen LogP contribution in [0, 0.1) is 0 Å². The average molecular weight is 270 g/mol. The molecule has 0 aromatic heterocycles. The van der Waals surface area contributed by atoms with E-state index in [2.05, 4.69) is 0 Å². The molecule has 1 N–H and O–H groups in total. The maximum atomic E-state index is 10.8. The van der Waals surface area contributed by atoms with Crippen LogP contribution in [0.1, 0.15) is 12.0 Å². The molecule has 102 valence electrons. The molecule has 1 aliphatic rings. The lowest BCUT2D eigenvalue weighted by Crippen LogP contribution is -1.99. The lowest BCUT2D eigenvalue weighted by Gasteiger charge is -2.10. The predicted octanol–water partition coefficient (Wildman–Crippen LogP) is 3.10. The molecule has 1 aliphatic heterocycles. The smallest absolute Gasteiger partial charge is 0.303 e. The van der Waals surface area contributed by atoms with Crippen molar-refractivity contribution in [2.75, 3.05) is 6.79 Å². The number of carboxylic acids is 1. The number of aryl methyl sites for hydroxylation is 1. The molecule has 2 aromatic rings. The maximum Gasteiger partial charge on any atom is 0.303 e. The van der Waals surface area contributed by atoms with E-state index in [1.54, 1.807) is 0 Å². The van der Waals surface area contributed by atoms with E-state index in [9.17, 15) is 4.79 Å². The lowest BCUT2D eigenvalue weighted by atomic mass is 9.96. The standard InChI is InChI=1S/C16H14O4/c17-16(18)7-6-12-8-14-15(20-10-19-14)9-13(12)11-4-2-1-3-5-11/h1-5,8-9H,6-7,10H2,(H,17,18). The molecule has 4 nitrogen and oxygen atoms in total.